The number of nitrogens with one attached hydrogen (secondary N) is 2. The molecule has 56 heavy (non-hydrogen) atoms. The molecule has 1 fully saturated rings. The van der Waals surface area contributed by atoms with Crippen molar-refractivity contribution in [3.8, 4) is 16.2 Å². The Hall–Kier alpha value is -4.09. The fourth-order valence-electron chi connectivity index (χ4n) is 7.28. The van der Waals surface area contributed by atoms with Crippen molar-refractivity contribution in [3.63, 3.8) is 0 Å². The number of carbonyl (C=O) groups excluding carboxylic acids is 2. The van der Waals surface area contributed by atoms with Crippen molar-refractivity contribution in [2.24, 2.45) is 5.92 Å². The van der Waals surface area contributed by atoms with Crippen LogP contribution in [0.3, 0.4) is 0 Å². The number of thiophene rings is 2. The van der Waals surface area contributed by atoms with Crippen molar-refractivity contribution in [3.05, 3.63) is 106 Å². The maximum atomic E-state index is 14.1. The highest BCUT2D eigenvalue weighted by Gasteiger charge is 2.38. The second-order valence-corrected chi connectivity index (χ2v) is 16.9. The van der Waals surface area contributed by atoms with Crippen LogP contribution in [0.1, 0.15) is 27.8 Å². The molecular formula is C40H41ClF3N5O5S2. The van der Waals surface area contributed by atoms with Gasteiger partial charge in [0, 0.05) is 86.3 Å². The van der Waals surface area contributed by atoms with Gasteiger partial charge in [0.05, 0.1) is 12.1 Å². The Labute approximate surface area is 334 Å². The number of amides is 2. The molecule has 5 heterocycles. The number of alkyl halides is 3. The number of nitrogens with zero attached hydrogens (tertiary/aromatic N) is 3. The van der Waals surface area contributed by atoms with E-state index in [1.165, 1.54) is 11.3 Å². The molecule has 0 aliphatic carbocycles. The fourth-order valence-corrected chi connectivity index (χ4v) is 9.57. The molecule has 5 atom stereocenters. The van der Waals surface area contributed by atoms with E-state index in [0.29, 0.717) is 36.0 Å². The number of hydrogen-bond donors (Lipinski definition) is 4. The molecule has 1 saturated heterocycles. The summed E-state index contributed by atoms with van der Waals surface area (Å²) in [6.45, 7) is -0.0647. The first-order valence-electron chi connectivity index (χ1n) is 18.2. The average molecular weight is 828 g/mol. The van der Waals surface area contributed by atoms with Crippen LogP contribution in [0.15, 0.2) is 85.2 Å². The zero-order chi connectivity index (χ0) is 39.4. The number of pyridine rings is 1. The molecule has 0 saturated carbocycles. The SMILES string of the molecule is O=C(N[C@H]1c2ccccc2OC[C@H]1O)[C@H](Cc1cc2cnccc2s1)C[C@H](O)CN1CCN(Cc2ccc(-c3ccc(Cl)cc3)s2)C[C@H]1C(=O)NCC(F)(F)F. The van der Waals surface area contributed by atoms with E-state index in [2.05, 4.69) is 10.3 Å². The number of hydrogen-bond acceptors (Lipinski definition) is 10. The van der Waals surface area contributed by atoms with Crippen LogP contribution in [-0.4, -0.2) is 101 Å². The summed E-state index contributed by atoms with van der Waals surface area (Å²) in [5.41, 5.74) is 1.65. The Morgan fingerprint density at radius 3 is 2.62 bits per heavy atom. The molecule has 2 aromatic carbocycles. The first-order chi connectivity index (χ1) is 26.9. The third kappa shape index (κ3) is 10.1. The molecule has 0 spiro atoms. The topological polar surface area (TPSA) is 127 Å². The predicted molar refractivity (Wildman–Crippen MR) is 211 cm³/mol. The van der Waals surface area contributed by atoms with Crippen LogP contribution in [0.25, 0.3) is 20.5 Å². The standard InChI is InChI=1S/C40H41ClF3N5O5S2/c41-27-7-5-24(6-8-27)35-10-9-29(55-35)20-48-13-14-49(32(21-48)39(53)46-23-40(42,43)44)19-28(50)15-25(16-30-17-26-18-45-12-11-36(26)56-30)38(52)47-37-31-3-1-2-4-34(31)54-22-33(37)51/h1-12,17-18,25,28,32-33,37,50-51H,13-16,19-23H2,(H,46,53)(H,47,52)/t25-,28-,32-,33+,37-/m0/s1. The summed E-state index contributed by atoms with van der Waals surface area (Å²) >= 11 is 9.16. The normalized spacial score (nSPS) is 20.2. The van der Waals surface area contributed by atoms with Crippen LogP contribution in [0, 0.1) is 5.92 Å². The molecule has 296 valence electrons. The summed E-state index contributed by atoms with van der Waals surface area (Å²) in [6, 6.07) is 20.8. The van der Waals surface area contributed by atoms with Gasteiger partial charge in [-0.2, -0.15) is 13.2 Å². The zero-order valence-corrected chi connectivity index (χ0v) is 32.5. The van der Waals surface area contributed by atoms with E-state index in [-0.39, 0.29) is 38.4 Å². The minimum absolute atomic E-state index is 0.000927. The van der Waals surface area contributed by atoms with Crippen LogP contribution in [0.2, 0.25) is 5.02 Å². The minimum Gasteiger partial charge on any atom is -0.490 e. The number of halogens is 4. The number of ether oxygens (including phenoxy) is 1. The molecule has 0 unspecified atom stereocenters. The maximum absolute atomic E-state index is 14.1. The number of piperazine rings is 1. The quantitative estimate of drug-likeness (QED) is 0.113. The molecule has 16 heteroatoms. The van der Waals surface area contributed by atoms with Gasteiger partial charge >= 0.3 is 6.18 Å². The lowest BCUT2D eigenvalue weighted by atomic mass is 9.92. The van der Waals surface area contributed by atoms with Gasteiger partial charge in [0.2, 0.25) is 11.8 Å². The Morgan fingerprint density at radius 2 is 1.84 bits per heavy atom. The third-order valence-electron chi connectivity index (χ3n) is 10.0. The van der Waals surface area contributed by atoms with Crippen molar-refractivity contribution in [2.75, 3.05) is 39.3 Å². The van der Waals surface area contributed by atoms with E-state index < -0.39 is 48.8 Å². The van der Waals surface area contributed by atoms with Gasteiger partial charge < -0.3 is 25.6 Å². The summed E-state index contributed by atoms with van der Waals surface area (Å²) in [6.07, 6.45) is -2.98. The van der Waals surface area contributed by atoms with Crippen molar-refractivity contribution >= 4 is 56.2 Å². The summed E-state index contributed by atoms with van der Waals surface area (Å²) in [4.78, 5) is 38.4. The van der Waals surface area contributed by atoms with Gasteiger partial charge in [-0.15, -0.1) is 22.7 Å². The molecule has 2 aliphatic heterocycles. The number of rotatable bonds is 13. The Kier molecular flexibility index (Phi) is 12.6. The van der Waals surface area contributed by atoms with Gasteiger partial charge in [0.15, 0.2) is 0 Å². The van der Waals surface area contributed by atoms with Gasteiger partial charge in [0.1, 0.15) is 31.0 Å². The van der Waals surface area contributed by atoms with Crippen LogP contribution >= 0.6 is 34.3 Å². The number of carbonyl (C=O) groups is 2. The maximum Gasteiger partial charge on any atom is 0.405 e. The van der Waals surface area contributed by atoms with E-state index in [9.17, 15) is 33.0 Å². The molecular weight excluding hydrogens is 787 g/mol. The molecule has 10 nitrogen and oxygen atoms in total. The van der Waals surface area contributed by atoms with Crippen molar-refractivity contribution in [1.29, 1.82) is 0 Å². The molecule has 4 N–H and O–H groups in total. The molecule has 2 amide bonds. The van der Waals surface area contributed by atoms with Crippen molar-refractivity contribution in [2.45, 2.75) is 49.9 Å². The van der Waals surface area contributed by atoms with E-state index >= 15 is 0 Å². The number of aromatic nitrogens is 1. The highest BCUT2D eigenvalue weighted by atomic mass is 35.5. The Morgan fingerprint density at radius 1 is 1.04 bits per heavy atom. The first-order valence-corrected chi connectivity index (χ1v) is 20.3. The first kappa shape index (κ1) is 40.1. The largest absolute Gasteiger partial charge is 0.490 e. The van der Waals surface area contributed by atoms with E-state index in [4.69, 9.17) is 16.3 Å². The van der Waals surface area contributed by atoms with E-state index in [1.807, 2.05) is 64.8 Å². The summed E-state index contributed by atoms with van der Waals surface area (Å²) < 4.78 is 46.3. The third-order valence-corrected chi connectivity index (χ3v) is 12.6. The van der Waals surface area contributed by atoms with Crippen LogP contribution in [0.5, 0.6) is 5.75 Å². The number of aliphatic hydroxyl groups excluding tert-OH is 2. The Balaban J connectivity index is 1.06. The number of benzene rings is 2. The second-order valence-electron chi connectivity index (χ2n) is 14.2. The lowest BCUT2D eigenvalue weighted by Gasteiger charge is -2.41. The minimum atomic E-state index is -4.59. The lowest BCUT2D eigenvalue weighted by Crippen LogP contribution is -2.60. The number of aliphatic hydroxyl groups is 2. The molecule has 7 rings (SSSR count). The van der Waals surface area contributed by atoms with E-state index in [0.717, 1.165) is 30.3 Å². The van der Waals surface area contributed by atoms with Crippen molar-refractivity contribution < 1.29 is 37.7 Å². The Bertz CT molecular complexity index is 2100. The number of β-amino-alcohol motifs (C(OH)–C–C–N with tert-alkyl or cyclic N) is 1. The van der Waals surface area contributed by atoms with Gasteiger partial charge in [0.25, 0.3) is 0 Å². The second kappa shape index (κ2) is 17.6. The predicted octanol–water partition coefficient (Wildman–Crippen LogP) is 6.06. The molecule has 5 aromatic rings. The van der Waals surface area contributed by atoms with Crippen LogP contribution in [-0.2, 0) is 22.6 Å². The van der Waals surface area contributed by atoms with Crippen LogP contribution in [0.4, 0.5) is 13.2 Å². The van der Waals surface area contributed by atoms with E-state index in [1.54, 1.807) is 46.8 Å². The number of para-hydroxylation sites is 1. The summed E-state index contributed by atoms with van der Waals surface area (Å²) in [5.74, 6) is -1.35. The molecule has 0 radical (unpaired) electrons. The van der Waals surface area contributed by atoms with Crippen LogP contribution < -0.4 is 15.4 Å². The van der Waals surface area contributed by atoms with Crippen molar-refractivity contribution in [1.82, 2.24) is 25.4 Å². The van der Waals surface area contributed by atoms with Gasteiger partial charge in [-0.3, -0.25) is 24.4 Å². The monoisotopic (exact) mass is 827 g/mol. The summed E-state index contributed by atoms with van der Waals surface area (Å²) in [7, 11) is 0. The number of fused-ring (bicyclic) bond motifs is 2. The fraction of sp³-hybridized carbons (Fsp3) is 0.375. The smallest absolute Gasteiger partial charge is 0.405 e. The summed E-state index contributed by atoms with van der Waals surface area (Å²) in [5, 5.41) is 29.1. The molecule has 0 bridgehead atoms. The lowest BCUT2D eigenvalue weighted by molar-refractivity contribution is -0.143. The molecule has 2 aliphatic rings. The zero-order valence-electron chi connectivity index (χ0n) is 30.1. The highest BCUT2D eigenvalue weighted by Crippen LogP contribution is 2.34. The molecule has 3 aromatic heterocycles. The van der Waals surface area contributed by atoms with Gasteiger partial charge in [-0.1, -0.05) is 41.9 Å². The van der Waals surface area contributed by atoms with Gasteiger partial charge in [-0.05, 0) is 60.9 Å². The average Bonchev–Trinajstić information content (AvgIpc) is 3.82. The highest BCUT2D eigenvalue weighted by molar-refractivity contribution is 7.19. The van der Waals surface area contributed by atoms with Gasteiger partial charge in [-0.25, -0.2) is 0 Å².